The third kappa shape index (κ3) is 4.89. The Kier molecular flexibility index (Phi) is 6.05. The van der Waals surface area contributed by atoms with Crippen LogP contribution in [0.2, 0.25) is 0 Å². The summed E-state index contributed by atoms with van der Waals surface area (Å²) in [5, 5.41) is 2.00. The number of rotatable bonds is 5. The van der Waals surface area contributed by atoms with Gasteiger partial charge in [-0.3, -0.25) is 0 Å². The monoisotopic (exact) mass is 595 g/mol. The molecule has 2 aromatic heterocycles. The van der Waals surface area contributed by atoms with E-state index in [2.05, 4.69) is 109 Å². The molecule has 0 atom stereocenters. The first-order chi connectivity index (χ1) is 23.7. The van der Waals surface area contributed by atoms with Gasteiger partial charge in [0.05, 0.1) is 5.56 Å². The maximum atomic E-state index is 8.04. The van der Waals surface area contributed by atoms with Gasteiger partial charge >= 0.3 is 0 Å². The SMILES string of the molecule is [2H]C([2H])([2H])c1cc[n+](C)c(-c2c(C)ccc3c2oc2c(-c4ccccc4)cc(-c4ccc(-c5cccc(-c6ccccc6)c5)cc4)cc23)c1. The van der Waals surface area contributed by atoms with Gasteiger partial charge in [0, 0.05) is 32.6 Å². The fourth-order valence-corrected chi connectivity index (χ4v) is 6.54. The smallest absolute Gasteiger partial charge is 0.216 e. The van der Waals surface area contributed by atoms with Crippen LogP contribution in [-0.2, 0) is 7.05 Å². The van der Waals surface area contributed by atoms with Gasteiger partial charge in [-0.25, -0.2) is 4.57 Å². The quantitative estimate of drug-likeness (QED) is 0.181. The molecule has 0 saturated heterocycles. The summed E-state index contributed by atoms with van der Waals surface area (Å²) in [6, 6.07) is 50.3. The Morgan fingerprint density at radius 1 is 0.522 bits per heavy atom. The van der Waals surface area contributed by atoms with Crippen molar-refractivity contribution in [2.75, 3.05) is 0 Å². The van der Waals surface area contributed by atoms with Crippen molar-refractivity contribution in [2.45, 2.75) is 13.8 Å². The standard InChI is InChI=1S/C44H34NO/c1-29-23-24-45(3)41(25-29)42-30(2)17-22-38-40-28-37(27-39(43(40)46-44(38)42)34-13-8-5-9-14-34)33-20-18-32(19-21-33)36-16-10-15-35(26-36)31-11-6-4-7-12-31/h4-28H,1-3H3/q+1/i1D3. The summed E-state index contributed by atoms with van der Waals surface area (Å²) in [6.45, 7) is -0.168. The van der Waals surface area contributed by atoms with E-state index < -0.39 is 6.85 Å². The molecule has 6 aromatic carbocycles. The van der Waals surface area contributed by atoms with Crippen LogP contribution in [0.15, 0.2) is 156 Å². The van der Waals surface area contributed by atoms with E-state index in [1.54, 1.807) is 12.1 Å². The summed E-state index contributed by atoms with van der Waals surface area (Å²) >= 11 is 0. The molecule has 0 aliphatic rings. The average Bonchev–Trinajstić information content (AvgIpc) is 3.50. The van der Waals surface area contributed by atoms with E-state index in [0.717, 1.165) is 66.6 Å². The molecule has 0 aliphatic carbocycles. The molecule has 0 bridgehead atoms. The largest absolute Gasteiger partial charge is 0.454 e. The minimum Gasteiger partial charge on any atom is -0.454 e. The number of nitrogens with zero attached hydrogens (tertiary/aromatic N) is 1. The van der Waals surface area contributed by atoms with Crippen LogP contribution in [0, 0.1) is 13.8 Å². The number of fused-ring (bicyclic) bond motifs is 3. The van der Waals surface area contributed by atoms with Gasteiger partial charge in [0.15, 0.2) is 6.20 Å². The number of furan rings is 1. The lowest BCUT2D eigenvalue weighted by molar-refractivity contribution is -0.660. The maximum absolute atomic E-state index is 8.04. The molecule has 0 spiro atoms. The van der Waals surface area contributed by atoms with Gasteiger partial charge in [-0.05, 0) is 82.0 Å². The summed E-state index contributed by atoms with van der Waals surface area (Å²) in [4.78, 5) is 0. The lowest BCUT2D eigenvalue weighted by atomic mass is 9.93. The number of aryl methyl sites for hydroxylation is 3. The van der Waals surface area contributed by atoms with Gasteiger partial charge in [-0.15, -0.1) is 0 Å². The summed E-state index contributed by atoms with van der Waals surface area (Å²) in [5.74, 6) is 0. The molecule has 0 amide bonds. The number of benzene rings is 6. The fourth-order valence-electron chi connectivity index (χ4n) is 6.54. The van der Waals surface area contributed by atoms with Crippen molar-refractivity contribution in [3.05, 3.63) is 163 Å². The van der Waals surface area contributed by atoms with Gasteiger partial charge in [0.1, 0.15) is 18.2 Å². The van der Waals surface area contributed by atoms with Crippen molar-refractivity contribution in [2.24, 2.45) is 7.05 Å². The Labute approximate surface area is 274 Å². The van der Waals surface area contributed by atoms with Crippen molar-refractivity contribution in [3.63, 3.8) is 0 Å². The predicted molar refractivity (Wildman–Crippen MR) is 192 cm³/mol. The van der Waals surface area contributed by atoms with Crippen LogP contribution in [0.1, 0.15) is 15.2 Å². The van der Waals surface area contributed by atoms with Crippen LogP contribution >= 0.6 is 0 Å². The summed E-state index contributed by atoms with van der Waals surface area (Å²) in [5.41, 5.74) is 13.6. The van der Waals surface area contributed by atoms with Gasteiger partial charge in [-0.1, -0.05) is 115 Å². The Bertz CT molecular complexity index is 2480. The first kappa shape index (κ1) is 24.6. The molecule has 2 heterocycles. The second-order valence-corrected chi connectivity index (χ2v) is 11.9. The minimum atomic E-state index is -2.21. The Balaban J connectivity index is 1.29. The molecule has 0 unspecified atom stereocenters. The van der Waals surface area contributed by atoms with E-state index in [-0.39, 0.29) is 0 Å². The first-order valence-corrected chi connectivity index (χ1v) is 15.6. The normalized spacial score (nSPS) is 12.6. The summed E-state index contributed by atoms with van der Waals surface area (Å²) < 4.78 is 32.9. The fraction of sp³-hybridized carbons (Fsp3) is 0.0682. The van der Waals surface area contributed by atoms with E-state index in [4.69, 9.17) is 8.53 Å². The second kappa shape index (κ2) is 11.3. The van der Waals surface area contributed by atoms with E-state index in [9.17, 15) is 0 Å². The lowest BCUT2D eigenvalue weighted by Crippen LogP contribution is -2.30. The van der Waals surface area contributed by atoms with E-state index >= 15 is 0 Å². The van der Waals surface area contributed by atoms with Gasteiger partial charge in [0.2, 0.25) is 5.69 Å². The molecule has 0 radical (unpaired) electrons. The third-order valence-corrected chi connectivity index (χ3v) is 8.96. The predicted octanol–water partition coefficient (Wildman–Crippen LogP) is 11.4. The van der Waals surface area contributed by atoms with Crippen LogP contribution in [0.4, 0.5) is 0 Å². The van der Waals surface area contributed by atoms with Crippen molar-refractivity contribution in [1.82, 2.24) is 0 Å². The molecular formula is C44H34NO+. The van der Waals surface area contributed by atoms with Gasteiger partial charge in [-0.2, -0.15) is 0 Å². The van der Waals surface area contributed by atoms with Crippen molar-refractivity contribution in [3.8, 4) is 55.8 Å². The lowest BCUT2D eigenvalue weighted by Gasteiger charge is -2.10. The Hall–Kier alpha value is -5.73. The van der Waals surface area contributed by atoms with Gasteiger partial charge in [0.25, 0.3) is 0 Å². The molecule has 0 aliphatic heterocycles. The molecule has 2 nitrogen and oxygen atoms in total. The third-order valence-electron chi connectivity index (χ3n) is 8.96. The highest BCUT2D eigenvalue weighted by molar-refractivity contribution is 6.14. The molecule has 0 saturated carbocycles. The van der Waals surface area contributed by atoms with E-state index in [1.165, 1.54) is 16.7 Å². The van der Waals surface area contributed by atoms with E-state index in [1.807, 2.05) is 49.0 Å². The van der Waals surface area contributed by atoms with Crippen molar-refractivity contribution < 1.29 is 13.1 Å². The second-order valence-electron chi connectivity index (χ2n) is 11.9. The summed E-state index contributed by atoms with van der Waals surface area (Å²) in [6.07, 6.45) is 1.81. The molecular weight excluding hydrogens is 558 g/mol. The summed E-state index contributed by atoms with van der Waals surface area (Å²) in [7, 11) is 1.94. The molecule has 46 heavy (non-hydrogen) atoms. The molecule has 0 N–H and O–H groups in total. The van der Waals surface area contributed by atoms with Crippen LogP contribution in [0.3, 0.4) is 0 Å². The van der Waals surface area contributed by atoms with Crippen molar-refractivity contribution in [1.29, 1.82) is 0 Å². The Morgan fingerprint density at radius 3 is 1.85 bits per heavy atom. The zero-order valence-corrected chi connectivity index (χ0v) is 25.8. The van der Waals surface area contributed by atoms with E-state index in [0.29, 0.717) is 5.56 Å². The zero-order valence-electron chi connectivity index (χ0n) is 28.8. The highest BCUT2D eigenvalue weighted by atomic mass is 16.3. The number of pyridine rings is 1. The highest BCUT2D eigenvalue weighted by Crippen LogP contribution is 2.43. The first-order valence-electron chi connectivity index (χ1n) is 17.1. The minimum absolute atomic E-state index is 0.301. The molecule has 8 aromatic rings. The van der Waals surface area contributed by atoms with Crippen molar-refractivity contribution >= 4 is 21.9 Å². The number of hydrogen-bond acceptors (Lipinski definition) is 1. The van der Waals surface area contributed by atoms with Crippen LogP contribution in [0.25, 0.3) is 77.7 Å². The Morgan fingerprint density at radius 2 is 1.15 bits per heavy atom. The van der Waals surface area contributed by atoms with Crippen LogP contribution in [-0.4, -0.2) is 0 Å². The number of aromatic nitrogens is 1. The van der Waals surface area contributed by atoms with Crippen LogP contribution < -0.4 is 4.57 Å². The molecule has 2 heteroatoms. The maximum Gasteiger partial charge on any atom is 0.216 e. The van der Waals surface area contributed by atoms with Gasteiger partial charge < -0.3 is 4.42 Å². The molecule has 0 fully saturated rings. The topological polar surface area (TPSA) is 17.0 Å². The zero-order chi connectivity index (χ0) is 33.7. The highest BCUT2D eigenvalue weighted by Gasteiger charge is 2.23. The number of hydrogen-bond donors (Lipinski definition) is 0. The average molecular weight is 596 g/mol. The van der Waals surface area contributed by atoms with Crippen LogP contribution in [0.5, 0.6) is 0 Å². The molecule has 8 rings (SSSR count). The molecule has 220 valence electrons.